The van der Waals surface area contributed by atoms with E-state index >= 15 is 0 Å². The van der Waals surface area contributed by atoms with Crippen LogP contribution < -0.4 is 9.47 Å². The number of aromatic amines is 1. The van der Waals surface area contributed by atoms with Crippen molar-refractivity contribution in [1.29, 1.82) is 0 Å². The number of nitrogens with one attached hydrogen (secondary N) is 1. The molecule has 0 amide bonds. The third kappa shape index (κ3) is 4.32. The highest BCUT2D eigenvalue weighted by molar-refractivity contribution is 5.88. The fraction of sp³-hybridized carbons (Fsp3) is 0.250. The molecule has 0 saturated carbocycles. The summed E-state index contributed by atoms with van der Waals surface area (Å²) in [5, 5.41) is 0.961. The first-order chi connectivity index (χ1) is 12.2. The topological polar surface area (TPSA) is 60.6 Å². The molecule has 0 radical (unpaired) electrons. The smallest absolute Gasteiger partial charge is 0.310 e. The van der Waals surface area contributed by atoms with Gasteiger partial charge in [0.1, 0.15) is 24.7 Å². The van der Waals surface area contributed by atoms with Crippen molar-refractivity contribution in [2.24, 2.45) is 0 Å². The number of rotatable bonds is 7. The third-order valence-electron chi connectivity index (χ3n) is 3.91. The normalized spacial score (nSPS) is 10.6. The Bertz CT molecular complexity index is 869. The molecule has 0 bridgehead atoms. The zero-order valence-electron chi connectivity index (χ0n) is 14.4. The van der Waals surface area contributed by atoms with Gasteiger partial charge in [0, 0.05) is 17.1 Å². The van der Waals surface area contributed by atoms with Crippen molar-refractivity contribution >= 4 is 16.9 Å². The predicted molar refractivity (Wildman–Crippen MR) is 96.2 cm³/mol. The molecule has 0 aliphatic heterocycles. The third-order valence-corrected chi connectivity index (χ3v) is 3.91. The van der Waals surface area contributed by atoms with E-state index in [0.717, 1.165) is 33.5 Å². The number of benzene rings is 2. The van der Waals surface area contributed by atoms with Gasteiger partial charge in [-0.1, -0.05) is 12.1 Å². The van der Waals surface area contributed by atoms with E-state index < -0.39 is 0 Å². The second-order valence-electron chi connectivity index (χ2n) is 5.79. The number of carbonyl (C=O) groups excluding carboxylic acids is 1. The molecule has 0 unspecified atom stereocenters. The van der Waals surface area contributed by atoms with Crippen LogP contribution in [-0.2, 0) is 16.0 Å². The fourth-order valence-electron chi connectivity index (χ4n) is 2.65. The Morgan fingerprint density at radius 3 is 2.52 bits per heavy atom. The van der Waals surface area contributed by atoms with Crippen molar-refractivity contribution in [2.45, 2.75) is 13.3 Å². The monoisotopic (exact) mass is 339 g/mol. The molecule has 0 aliphatic carbocycles. The maximum absolute atomic E-state index is 11.5. The van der Waals surface area contributed by atoms with E-state index in [1.54, 1.807) is 0 Å². The summed E-state index contributed by atoms with van der Waals surface area (Å²) < 4.78 is 16.2. The molecule has 1 aromatic heterocycles. The second-order valence-corrected chi connectivity index (χ2v) is 5.79. The maximum Gasteiger partial charge on any atom is 0.310 e. The summed E-state index contributed by atoms with van der Waals surface area (Å²) in [6.45, 7) is 2.93. The van der Waals surface area contributed by atoms with Crippen molar-refractivity contribution in [3.05, 3.63) is 59.8 Å². The van der Waals surface area contributed by atoms with E-state index in [0.29, 0.717) is 13.2 Å². The van der Waals surface area contributed by atoms with Crippen molar-refractivity contribution in [3.8, 4) is 11.5 Å². The van der Waals surface area contributed by atoms with Crippen LogP contribution in [0, 0.1) is 6.92 Å². The molecule has 1 N–H and O–H groups in total. The zero-order valence-corrected chi connectivity index (χ0v) is 14.4. The Kier molecular flexibility index (Phi) is 5.23. The van der Waals surface area contributed by atoms with Gasteiger partial charge >= 0.3 is 5.97 Å². The molecule has 3 rings (SSSR count). The van der Waals surface area contributed by atoms with Gasteiger partial charge in [0.15, 0.2) is 0 Å². The first-order valence-electron chi connectivity index (χ1n) is 8.15. The van der Waals surface area contributed by atoms with E-state index in [1.807, 2.05) is 55.6 Å². The van der Waals surface area contributed by atoms with Gasteiger partial charge in [-0.15, -0.1) is 0 Å². The van der Waals surface area contributed by atoms with E-state index in [-0.39, 0.29) is 12.4 Å². The molecule has 0 spiro atoms. The van der Waals surface area contributed by atoms with Crippen LogP contribution in [0.4, 0.5) is 0 Å². The largest absolute Gasteiger partial charge is 0.490 e. The summed E-state index contributed by atoms with van der Waals surface area (Å²) in [4.78, 5) is 14.6. The van der Waals surface area contributed by atoms with Gasteiger partial charge in [0.2, 0.25) is 0 Å². The minimum absolute atomic E-state index is 0.233. The van der Waals surface area contributed by atoms with Gasteiger partial charge in [0.25, 0.3) is 0 Å². The molecule has 2 aromatic carbocycles. The lowest BCUT2D eigenvalue weighted by atomic mass is 10.1. The van der Waals surface area contributed by atoms with Crippen molar-refractivity contribution in [2.75, 3.05) is 20.3 Å². The number of carbonyl (C=O) groups is 1. The van der Waals surface area contributed by atoms with Crippen LogP contribution >= 0.6 is 0 Å². The average molecular weight is 339 g/mol. The van der Waals surface area contributed by atoms with Crippen LogP contribution in [0.5, 0.6) is 11.5 Å². The molecule has 0 fully saturated rings. The van der Waals surface area contributed by atoms with Gasteiger partial charge in [-0.25, -0.2) is 0 Å². The lowest BCUT2D eigenvalue weighted by Crippen LogP contribution is -2.09. The molecule has 1 heterocycles. The fourth-order valence-corrected chi connectivity index (χ4v) is 2.65. The number of aromatic nitrogens is 1. The van der Waals surface area contributed by atoms with E-state index in [1.165, 1.54) is 7.11 Å². The van der Waals surface area contributed by atoms with Gasteiger partial charge in [-0.3, -0.25) is 4.79 Å². The zero-order chi connectivity index (χ0) is 17.6. The lowest BCUT2D eigenvalue weighted by Gasteiger charge is -2.09. The van der Waals surface area contributed by atoms with Crippen LogP contribution in [0.15, 0.2) is 48.7 Å². The summed E-state index contributed by atoms with van der Waals surface area (Å²) in [6, 6.07) is 13.7. The molecular weight excluding hydrogens is 318 g/mol. The molecule has 0 aliphatic rings. The maximum atomic E-state index is 11.5. The number of H-pyrrole nitrogens is 1. The summed E-state index contributed by atoms with van der Waals surface area (Å²) in [6.07, 6.45) is 2.06. The van der Waals surface area contributed by atoms with Gasteiger partial charge in [-0.2, -0.15) is 0 Å². The predicted octanol–water partition coefficient (Wildman–Crippen LogP) is 3.65. The Morgan fingerprint density at radius 1 is 1.04 bits per heavy atom. The summed E-state index contributed by atoms with van der Waals surface area (Å²) in [7, 11) is 1.39. The highest BCUT2D eigenvalue weighted by atomic mass is 16.5. The molecule has 5 nitrogen and oxygen atoms in total. The van der Waals surface area contributed by atoms with Crippen molar-refractivity contribution in [3.63, 3.8) is 0 Å². The second kappa shape index (κ2) is 7.75. The van der Waals surface area contributed by atoms with Gasteiger partial charge in [0.05, 0.1) is 13.5 Å². The number of aryl methyl sites for hydroxylation is 1. The van der Waals surface area contributed by atoms with E-state index in [2.05, 4.69) is 4.98 Å². The Labute approximate surface area is 146 Å². The molecule has 5 heteroatoms. The summed E-state index contributed by atoms with van der Waals surface area (Å²) in [5.41, 5.74) is 3.01. The van der Waals surface area contributed by atoms with Crippen LogP contribution in [0.3, 0.4) is 0 Å². The minimum Gasteiger partial charge on any atom is -0.490 e. The van der Waals surface area contributed by atoms with Crippen LogP contribution in [0.25, 0.3) is 10.9 Å². The molecule has 0 saturated heterocycles. The average Bonchev–Trinajstić information content (AvgIpc) is 3.01. The van der Waals surface area contributed by atoms with E-state index in [9.17, 15) is 4.79 Å². The molecular formula is C20H21NO4. The Morgan fingerprint density at radius 2 is 1.80 bits per heavy atom. The number of hydrogen-bond acceptors (Lipinski definition) is 4. The van der Waals surface area contributed by atoms with Crippen molar-refractivity contribution < 1.29 is 19.0 Å². The number of esters is 1. The molecule has 0 atom stereocenters. The number of methoxy groups -OCH3 is 1. The van der Waals surface area contributed by atoms with Gasteiger partial charge in [-0.05, 0) is 48.4 Å². The summed E-state index contributed by atoms with van der Waals surface area (Å²) in [5.74, 6) is 1.31. The van der Waals surface area contributed by atoms with Crippen LogP contribution in [0.1, 0.15) is 11.1 Å². The van der Waals surface area contributed by atoms with Crippen molar-refractivity contribution in [1.82, 2.24) is 4.98 Å². The highest BCUT2D eigenvalue weighted by Crippen LogP contribution is 2.24. The minimum atomic E-state index is -0.265. The Balaban J connectivity index is 1.59. The molecule has 25 heavy (non-hydrogen) atoms. The Hall–Kier alpha value is -2.95. The molecule has 3 aromatic rings. The highest BCUT2D eigenvalue weighted by Gasteiger charge is 2.10. The van der Waals surface area contributed by atoms with Crippen LogP contribution in [-0.4, -0.2) is 31.3 Å². The quantitative estimate of drug-likeness (QED) is 0.527. The molecule has 130 valence electrons. The lowest BCUT2D eigenvalue weighted by molar-refractivity contribution is -0.139. The summed E-state index contributed by atoms with van der Waals surface area (Å²) >= 11 is 0. The number of hydrogen-bond donors (Lipinski definition) is 1. The van der Waals surface area contributed by atoms with Gasteiger partial charge < -0.3 is 19.2 Å². The van der Waals surface area contributed by atoms with E-state index in [4.69, 9.17) is 14.2 Å². The first-order valence-corrected chi connectivity index (χ1v) is 8.15. The SMILES string of the molecule is COC(=O)Cc1c[nH]c2ccc(OCCOc3cccc(C)c3)cc12. The first kappa shape index (κ1) is 16.9. The number of fused-ring (bicyclic) bond motifs is 1. The number of ether oxygens (including phenoxy) is 3. The van der Waals surface area contributed by atoms with Crippen LogP contribution in [0.2, 0.25) is 0 Å². The standard InChI is InChI=1S/C20H21NO4/c1-14-4-3-5-16(10-14)24-8-9-25-17-6-7-19-18(12-17)15(13-21-19)11-20(22)23-2/h3-7,10,12-13,21H,8-9,11H2,1-2H3.